The van der Waals surface area contributed by atoms with Crippen molar-refractivity contribution in [1.82, 2.24) is 0 Å². The Kier molecular flexibility index (Phi) is 17.3. The molecule has 3 aliphatic heterocycles. The van der Waals surface area contributed by atoms with E-state index in [1.165, 1.54) is 6.92 Å². The van der Waals surface area contributed by atoms with Crippen LogP contribution in [0.25, 0.3) is 0 Å². The van der Waals surface area contributed by atoms with Crippen LogP contribution in [0.5, 0.6) is 0 Å². The molecule has 0 radical (unpaired) electrons. The highest BCUT2D eigenvalue weighted by atomic mass is 16.8. The SMILES string of the molecule is C/C=C(/C)C(=O)O[C@H]1[C@H](OC(C)=O)[C@]2(CO)[C@H](O)C[C@]3(C)C(=CC[C@@H]4[C@@]5(C)CC[C@H](O[C@@H]6O[C@H](C(=O)O)[C@@H](O[C@@H]7O[C@H](CO)[C@@H](O)[C@H](O)[C@H]7O)[C@H](O)[C@H]6O[C@@H]6O[C@H](CO)[C@H](O)[C@H](O)[C@H]6O)C(C)(C)C5CC[C@]43C)[C@@H]2CC1(C)C. The molecule has 26 atom stereocenters. The monoisotopic (exact) mass is 1110 g/mol. The van der Waals surface area contributed by atoms with Gasteiger partial charge in [-0.3, -0.25) is 4.79 Å². The first kappa shape index (κ1) is 61.3. The summed E-state index contributed by atoms with van der Waals surface area (Å²) in [5, 5.41) is 131. The van der Waals surface area contributed by atoms with E-state index in [4.69, 9.17) is 37.9 Å². The van der Waals surface area contributed by atoms with Gasteiger partial charge in [0.25, 0.3) is 0 Å². The molecule has 23 nitrogen and oxygen atoms in total. The molecule has 0 spiro atoms. The second kappa shape index (κ2) is 22.1. The summed E-state index contributed by atoms with van der Waals surface area (Å²) in [7, 11) is 0. The molecule has 8 rings (SSSR count). The number of aliphatic hydroxyl groups excluding tert-OH is 11. The molecular weight excluding hydrogens is 1030 g/mol. The molecule has 1 unspecified atom stereocenters. The minimum absolute atomic E-state index is 0.0247. The summed E-state index contributed by atoms with van der Waals surface area (Å²) in [5.74, 6) is -3.41. The van der Waals surface area contributed by atoms with Crippen LogP contribution >= 0.6 is 0 Å². The molecule has 3 heterocycles. The number of aliphatic hydroxyl groups is 11. The minimum atomic E-state index is -2.11. The molecule has 0 amide bonds. The lowest BCUT2D eigenvalue weighted by Crippen LogP contribution is -2.72. The third-order valence-electron chi connectivity index (χ3n) is 20.9. The molecule has 7 fully saturated rings. The van der Waals surface area contributed by atoms with Gasteiger partial charge in [0, 0.05) is 17.9 Å². The first-order valence-electron chi connectivity index (χ1n) is 27.5. The number of rotatable bonds is 13. The number of ether oxygens (including phenoxy) is 8. The van der Waals surface area contributed by atoms with Crippen molar-refractivity contribution in [1.29, 1.82) is 0 Å². The Bertz CT molecular complexity index is 2270. The number of fused-ring (bicyclic) bond motifs is 7. The third-order valence-corrected chi connectivity index (χ3v) is 20.9. The van der Waals surface area contributed by atoms with Crippen molar-refractivity contribution >= 4 is 17.9 Å². The molecule has 23 heteroatoms. The Morgan fingerprint density at radius 3 is 1.77 bits per heavy atom. The van der Waals surface area contributed by atoms with E-state index >= 15 is 0 Å². The van der Waals surface area contributed by atoms with Crippen molar-refractivity contribution in [3.05, 3.63) is 23.3 Å². The van der Waals surface area contributed by atoms with Crippen LogP contribution in [0, 0.1) is 50.2 Å². The van der Waals surface area contributed by atoms with Crippen molar-refractivity contribution < 1.29 is 114 Å². The van der Waals surface area contributed by atoms with Crippen LogP contribution < -0.4 is 0 Å². The van der Waals surface area contributed by atoms with E-state index in [-0.39, 0.29) is 23.7 Å². The van der Waals surface area contributed by atoms with Crippen molar-refractivity contribution in [3.63, 3.8) is 0 Å². The van der Waals surface area contributed by atoms with Crippen LogP contribution in [0.2, 0.25) is 0 Å². The number of esters is 2. The highest BCUT2D eigenvalue weighted by molar-refractivity contribution is 5.87. The molecule has 12 N–H and O–H groups in total. The molecule has 0 aromatic rings. The topological polar surface area (TPSA) is 368 Å². The first-order chi connectivity index (χ1) is 36.4. The Hall–Kier alpha value is -2.79. The Morgan fingerprint density at radius 2 is 1.24 bits per heavy atom. The summed E-state index contributed by atoms with van der Waals surface area (Å²) in [6.45, 7) is 17.1. The zero-order valence-corrected chi connectivity index (χ0v) is 46.3. The fraction of sp³-hybridized carbons (Fsp3) is 0.873. The van der Waals surface area contributed by atoms with Gasteiger partial charge in [0.05, 0.1) is 37.4 Å². The second-order valence-corrected chi connectivity index (χ2v) is 25.7. The van der Waals surface area contributed by atoms with Crippen molar-refractivity contribution in [2.24, 2.45) is 50.2 Å². The second-order valence-electron chi connectivity index (χ2n) is 25.7. The molecule has 0 aromatic heterocycles. The maximum absolute atomic E-state index is 13.4. The van der Waals surface area contributed by atoms with E-state index < -0.39 is 187 Å². The van der Waals surface area contributed by atoms with Crippen LogP contribution in [-0.4, -0.2) is 216 Å². The summed E-state index contributed by atoms with van der Waals surface area (Å²) in [5.41, 5.74) is -2.95. The van der Waals surface area contributed by atoms with Gasteiger partial charge in [-0.1, -0.05) is 66.2 Å². The smallest absolute Gasteiger partial charge is 0.335 e. The maximum atomic E-state index is 13.4. The lowest BCUT2D eigenvalue weighted by atomic mass is 9.33. The summed E-state index contributed by atoms with van der Waals surface area (Å²) in [6, 6.07) is 0. The van der Waals surface area contributed by atoms with Gasteiger partial charge < -0.3 is 99.2 Å². The summed E-state index contributed by atoms with van der Waals surface area (Å²) in [6.07, 6.45) is -24.8. The predicted octanol–water partition coefficient (Wildman–Crippen LogP) is -0.293. The number of hydrogen-bond acceptors (Lipinski definition) is 22. The third kappa shape index (κ3) is 9.72. The lowest BCUT2D eigenvalue weighted by Gasteiger charge is -2.72. The van der Waals surface area contributed by atoms with Crippen LogP contribution in [0.1, 0.15) is 114 Å². The standard InChI is InChI=1S/C55H86O23/c1-11-23(2)46(70)78-43-44(71-24(3)59)55(22-58)26(18-50(43,4)5)25-12-13-30-52(8)16-15-32(51(6,7)29(52)14-17-53(30,9)54(25,10)19-31(55)60)74-49-41(76-48-38(66)36(64)34(62)28(21-57)73-48)39(67)40(42(77-49)45(68)69)75-47-37(65)35(63)33(61)27(20-56)72-47/h11-12,26-44,47-49,56-58,60-67H,13-22H2,1-10H3,(H,68,69)/b23-11-/t26-,27+,28+,29?,30+,31+,32-,33+,34-,35-,36-,37+,38+,39-,40-,41+,42-,43-,44-,47-,48-,49+,52-,53+,54+,55-/m0/s1. The van der Waals surface area contributed by atoms with Gasteiger partial charge in [-0.2, -0.15) is 0 Å². The van der Waals surface area contributed by atoms with Crippen molar-refractivity contribution in [2.45, 2.75) is 231 Å². The number of carbonyl (C=O) groups excluding carboxylic acids is 2. The number of carboxylic acid groups (broad SMARTS) is 1. The molecular formula is C55H86O23. The predicted molar refractivity (Wildman–Crippen MR) is 268 cm³/mol. The zero-order chi connectivity index (χ0) is 57.7. The fourth-order valence-electron chi connectivity index (χ4n) is 16.2. The number of allylic oxidation sites excluding steroid dienone is 3. The highest BCUT2D eigenvalue weighted by Gasteiger charge is 2.74. The summed E-state index contributed by atoms with van der Waals surface area (Å²) >= 11 is 0. The molecule has 5 aliphatic carbocycles. The van der Waals surface area contributed by atoms with Gasteiger partial charge in [0.2, 0.25) is 0 Å². The van der Waals surface area contributed by atoms with E-state index in [9.17, 15) is 75.7 Å². The number of aliphatic carboxylic acids is 1. The van der Waals surface area contributed by atoms with Gasteiger partial charge >= 0.3 is 17.9 Å². The Morgan fingerprint density at radius 1 is 0.667 bits per heavy atom. The maximum Gasteiger partial charge on any atom is 0.335 e. The van der Waals surface area contributed by atoms with E-state index in [1.807, 2.05) is 27.7 Å². The fourth-order valence-corrected chi connectivity index (χ4v) is 16.2. The van der Waals surface area contributed by atoms with Gasteiger partial charge in [-0.05, 0) is 98.2 Å². The zero-order valence-electron chi connectivity index (χ0n) is 46.3. The largest absolute Gasteiger partial charge is 0.479 e. The molecule has 4 saturated carbocycles. The lowest BCUT2D eigenvalue weighted by molar-refractivity contribution is -0.391. The van der Waals surface area contributed by atoms with Gasteiger partial charge in [0.15, 0.2) is 25.0 Å². The Balaban J connectivity index is 1.10. The molecule has 78 heavy (non-hydrogen) atoms. The van der Waals surface area contributed by atoms with E-state index in [2.05, 4.69) is 26.8 Å². The van der Waals surface area contributed by atoms with Gasteiger partial charge in [-0.25, -0.2) is 9.59 Å². The summed E-state index contributed by atoms with van der Waals surface area (Å²) < 4.78 is 48.4. The summed E-state index contributed by atoms with van der Waals surface area (Å²) in [4.78, 5) is 39.5. The molecule has 0 bridgehead atoms. The van der Waals surface area contributed by atoms with Gasteiger partial charge in [0.1, 0.15) is 79.4 Å². The van der Waals surface area contributed by atoms with E-state index in [0.29, 0.717) is 44.1 Å². The molecule has 8 aliphatic rings. The minimum Gasteiger partial charge on any atom is -0.479 e. The number of hydrogen-bond donors (Lipinski definition) is 12. The highest BCUT2D eigenvalue weighted by Crippen LogP contribution is 2.76. The van der Waals surface area contributed by atoms with E-state index in [0.717, 1.165) is 5.57 Å². The molecule has 3 saturated heterocycles. The van der Waals surface area contributed by atoms with Crippen LogP contribution in [0.3, 0.4) is 0 Å². The first-order valence-corrected chi connectivity index (χ1v) is 27.5. The molecule has 0 aromatic carbocycles. The van der Waals surface area contributed by atoms with Crippen LogP contribution in [0.15, 0.2) is 23.3 Å². The molecule has 444 valence electrons. The van der Waals surface area contributed by atoms with E-state index in [1.54, 1.807) is 19.9 Å². The van der Waals surface area contributed by atoms with Crippen LogP contribution in [0.4, 0.5) is 0 Å². The Labute approximate surface area is 454 Å². The van der Waals surface area contributed by atoms with Crippen molar-refractivity contribution in [2.75, 3.05) is 19.8 Å². The van der Waals surface area contributed by atoms with Gasteiger partial charge in [-0.15, -0.1) is 0 Å². The van der Waals surface area contributed by atoms with Crippen LogP contribution in [-0.2, 0) is 52.3 Å². The number of carbonyl (C=O) groups is 3. The van der Waals surface area contributed by atoms with Crippen molar-refractivity contribution in [3.8, 4) is 0 Å². The average Bonchev–Trinajstić information content (AvgIpc) is 3.52. The average molecular weight is 1120 g/mol. The number of carboxylic acids is 1. The quantitative estimate of drug-likeness (QED) is 0.0488. The normalized spacial score (nSPS) is 49.9.